The molecule has 0 amide bonds. The number of hydrogen-bond acceptors (Lipinski definition) is 3. The Morgan fingerprint density at radius 3 is 3.29 bits per heavy atom. The molecule has 78 valence electrons. The minimum absolute atomic E-state index is 0.317. The van der Waals surface area contributed by atoms with Crippen molar-refractivity contribution in [3.05, 3.63) is 18.2 Å². The molecule has 1 aliphatic heterocycles. The molecule has 1 aromatic rings. The first-order chi connectivity index (χ1) is 6.92. The van der Waals surface area contributed by atoms with Gasteiger partial charge in [0.2, 0.25) is 0 Å². The van der Waals surface area contributed by atoms with E-state index in [1.807, 2.05) is 6.20 Å². The zero-order valence-electron chi connectivity index (χ0n) is 8.49. The van der Waals surface area contributed by atoms with E-state index in [-0.39, 0.29) is 0 Å². The number of hydrogen-bond donors (Lipinski definition) is 2. The summed E-state index contributed by atoms with van der Waals surface area (Å²) in [6, 6.07) is 0.317. The van der Waals surface area contributed by atoms with E-state index in [1.54, 1.807) is 6.20 Å². The van der Waals surface area contributed by atoms with Crippen LogP contribution in [0.25, 0.3) is 0 Å². The third-order valence-electron chi connectivity index (χ3n) is 2.67. The monoisotopic (exact) mass is 195 g/mol. The number of aromatic nitrogens is 2. The van der Waals surface area contributed by atoms with E-state index in [4.69, 9.17) is 4.74 Å². The van der Waals surface area contributed by atoms with Gasteiger partial charge >= 0.3 is 0 Å². The maximum absolute atomic E-state index is 5.40. The minimum atomic E-state index is 0.317. The second-order valence-corrected chi connectivity index (χ2v) is 3.63. The number of aromatic amines is 1. The molecule has 0 bridgehead atoms. The maximum Gasteiger partial charge on any atom is 0.123 e. The molecule has 0 aliphatic carbocycles. The smallest absolute Gasteiger partial charge is 0.123 e. The van der Waals surface area contributed by atoms with Crippen LogP contribution in [0.2, 0.25) is 0 Å². The molecule has 0 saturated carbocycles. The Balaban J connectivity index is 2.06. The highest BCUT2D eigenvalue weighted by atomic mass is 16.5. The van der Waals surface area contributed by atoms with Gasteiger partial charge in [-0.15, -0.1) is 0 Å². The predicted molar refractivity (Wildman–Crippen MR) is 53.9 cm³/mol. The first-order valence-electron chi connectivity index (χ1n) is 5.22. The van der Waals surface area contributed by atoms with Crippen LogP contribution in [-0.4, -0.2) is 29.7 Å². The molecule has 0 radical (unpaired) electrons. The lowest BCUT2D eigenvalue weighted by Gasteiger charge is -2.20. The van der Waals surface area contributed by atoms with Crippen LogP contribution < -0.4 is 5.32 Å². The summed E-state index contributed by atoms with van der Waals surface area (Å²) in [6.45, 7) is 4.80. The maximum atomic E-state index is 5.40. The summed E-state index contributed by atoms with van der Waals surface area (Å²) in [5.74, 6) is 1.59. The Labute approximate surface area is 84.1 Å². The number of nitrogens with one attached hydrogen (secondary N) is 2. The number of H-pyrrole nitrogens is 1. The number of ether oxygens (including phenoxy) is 1. The lowest BCUT2D eigenvalue weighted by Crippen LogP contribution is -2.29. The molecule has 1 aliphatic rings. The van der Waals surface area contributed by atoms with E-state index < -0.39 is 0 Å². The molecule has 2 atom stereocenters. The first-order valence-corrected chi connectivity index (χ1v) is 5.22. The second kappa shape index (κ2) is 4.57. The van der Waals surface area contributed by atoms with Gasteiger partial charge < -0.3 is 15.0 Å². The van der Waals surface area contributed by atoms with Crippen molar-refractivity contribution in [2.45, 2.75) is 19.4 Å². The molecule has 14 heavy (non-hydrogen) atoms. The Morgan fingerprint density at radius 2 is 2.71 bits per heavy atom. The Bertz CT molecular complexity index is 254. The topological polar surface area (TPSA) is 49.9 Å². The molecule has 4 heteroatoms. The Hall–Kier alpha value is -0.870. The zero-order valence-corrected chi connectivity index (χ0v) is 8.49. The zero-order chi connectivity index (χ0) is 9.80. The van der Waals surface area contributed by atoms with Crippen LogP contribution in [0.15, 0.2) is 12.4 Å². The average Bonchev–Trinajstić information content (AvgIpc) is 2.87. The number of rotatable bonds is 4. The highest BCUT2D eigenvalue weighted by Gasteiger charge is 2.27. The van der Waals surface area contributed by atoms with E-state index in [9.17, 15) is 0 Å². The van der Waals surface area contributed by atoms with E-state index in [1.165, 1.54) is 0 Å². The summed E-state index contributed by atoms with van der Waals surface area (Å²) in [4.78, 5) is 7.48. The minimum Gasteiger partial charge on any atom is -0.381 e. The highest BCUT2D eigenvalue weighted by molar-refractivity contribution is 4.99. The summed E-state index contributed by atoms with van der Waals surface area (Å²) >= 11 is 0. The van der Waals surface area contributed by atoms with Gasteiger partial charge in [0.25, 0.3) is 0 Å². The van der Waals surface area contributed by atoms with E-state index in [2.05, 4.69) is 22.2 Å². The molecule has 0 aromatic carbocycles. The highest BCUT2D eigenvalue weighted by Crippen LogP contribution is 2.26. The summed E-state index contributed by atoms with van der Waals surface area (Å²) in [5, 5.41) is 3.45. The van der Waals surface area contributed by atoms with Crippen molar-refractivity contribution in [3.8, 4) is 0 Å². The van der Waals surface area contributed by atoms with Gasteiger partial charge in [0.15, 0.2) is 0 Å². The van der Waals surface area contributed by atoms with Crippen molar-refractivity contribution in [3.63, 3.8) is 0 Å². The Morgan fingerprint density at radius 1 is 1.79 bits per heavy atom. The number of nitrogens with zero attached hydrogens (tertiary/aromatic N) is 1. The summed E-state index contributed by atoms with van der Waals surface area (Å²) < 4.78 is 5.40. The molecule has 1 aromatic heterocycles. The van der Waals surface area contributed by atoms with Gasteiger partial charge in [-0.05, 0) is 13.0 Å². The van der Waals surface area contributed by atoms with Crippen molar-refractivity contribution in [2.75, 3.05) is 19.8 Å². The van der Waals surface area contributed by atoms with Crippen molar-refractivity contribution in [2.24, 2.45) is 5.92 Å². The SMILES string of the molecule is CCNC(c1ncc[nH]1)C1CCOC1. The lowest BCUT2D eigenvalue weighted by molar-refractivity contribution is 0.176. The summed E-state index contributed by atoms with van der Waals surface area (Å²) in [7, 11) is 0. The van der Waals surface area contributed by atoms with Crippen LogP contribution in [0.3, 0.4) is 0 Å². The quantitative estimate of drug-likeness (QED) is 0.756. The summed E-state index contributed by atoms with van der Waals surface area (Å²) in [5.41, 5.74) is 0. The van der Waals surface area contributed by atoms with Gasteiger partial charge in [-0.3, -0.25) is 0 Å². The van der Waals surface area contributed by atoms with Gasteiger partial charge in [0, 0.05) is 24.9 Å². The van der Waals surface area contributed by atoms with E-state index in [0.29, 0.717) is 12.0 Å². The van der Waals surface area contributed by atoms with Crippen LogP contribution >= 0.6 is 0 Å². The van der Waals surface area contributed by atoms with E-state index in [0.717, 1.165) is 32.0 Å². The van der Waals surface area contributed by atoms with Crippen molar-refractivity contribution < 1.29 is 4.74 Å². The standard InChI is InChI=1S/C10H17N3O/c1-2-11-9(8-3-6-14-7-8)10-12-4-5-13-10/h4-5,8-9,11H,2-3,6-7H2,1H3,(H,12,13). The van der Waals surface area contributed by atoms with Crippen LogP contribution in [0.4, 0.5) is 0 Å². The van der Waals surface area contributed by atoms with Gasteiger partial charge in [-0.25, -0.2) is 4.98 Å². The van der Waals surface area contributed by atoms with Crippen molar-refractivity contribution in [1.29, 1.82) is 0 Å². The third-order valence-corrected chi connectivity index (χ3v) is 2.67. The predicted octanol–water partition coefficient (Wildman–Crippen LogP) is 1.10. The van der Waals surface area contributed by atoms with Gasteiger partial charge in [-0.2, -0.15) is 0 Å². The molecule has 2 rings (SSSR count). The molecule has 0 spiro atoms. The molecule has 2 unspecified atom stereocenters. The lowest BCUT2D eigenvalue weighted by atomic mass is 9.98. The van der Waals surface area contributed by atoms with Gasteiger partial charge in [0.1, 0.15) is 5.82 Å². The second-order valence-electron chi connectivity index (χ2n) is 3.63. The number of imidazole rings is 1. The fourth-order valence-electron chi connectivity index (χ4n) is 1.97. The molecular formula is C10H17N3O. The van der Waals surface area contributed by atoms with Gasteiger partial charge in [0.05, 0.1) is 12.6 Å². The fourth-order valence-corrected chi connectivity index (χ4v) is 1.97. The molecule has 1 fully saturated rings. The van der Waals surface area contributed by atoms with Crippen LogP contribution in [0, 0.1) is 5.92 Å². The fraction of sp³-hybridized carbons (Fsp3) is 0.700. The molecule has 2 N–H and O–H groups in total. The first kappa shape index (κ1) is 9.68. The third kappa shape index (κ3) is 1.96. The van der Waals surface area contributed by atoms with Crippen LogP contribution in [-0.2, 0) is 4.74 Å². The molecular weight excluding hydrogens is 178 g/mol. The van der Waals surface area contributed by atoms with Crippen molar-refractivity contribution >= 4 is 0 Å². The normalized spacial score (nSPS) is 23.9. The molecule has 2 heterocycles. The van der Waals surface area contributed by atoms with E-state index >= 15 is 0 Å². The van der Waals surface area contributed by atoms with Crippen molar-refractivity contribution in [1.82, 2.24) is 15.3 Å². The van der Waals surface area contributed by atoms with Gasteiger partial charge in [-0.1, -0.05) is 6.92 Å². The summed E-state index contributed by atoms with van der Waals surface area (Å²) in [6.07, 6.45) is 4.79. The largest absolute Gasteiger partial charge is 0.381 e. The molecule has 1 saturated heterocycles. The average molecular weight is 195 g/mol. The van der Waals surface area contributed by atoms with Crippen LogP contribution in [0.5, 0.6) is 0 Å². The van der Waals surface area contributed by atoms with Crippen LogP contribution in [0.1, 0.15) is 25.2 Å². The Kier molecular flexibility index (Phi) is 3.16. The molecule has 4 nitrogen and oxygen atoms in total.